The Labute approximate surface area is 107 Å². The Morgan fingerprint density at radius 2 is 1.94 bits per heavy atom. The van der Waals surface area contributed by atoms with Gasteiger partial charge in [0.25, 0.3) is 0 Å². The maximum Gasteiger partial charge on any atom is 0.411 e. The number of ether oxygens (including phenoxy) is 2. The average molecular weight is 255 g/mol. The molecule has 5 heteroatoms. The smallest absolute Gasteiger partial charge is 0.411 e. The molecule has 1 saturated heterocycles. The largest absolute Gasteiger partial charge is 0.464 e. The summed E-state index contributed by atoms with van der Waals surface area (Å²) in [5, 5.41) is 0. The quantitative estimate of drug-likeness (QED) is 0.708. The van der Waals surface area contributed by atoms with Gasteiger partial charge in [0.2, 0.25) is 0 Å². The first-order valence-electron chi connectivity index (χ1n) is 6.51. The molecule has 2 fully saturated rings. The predicted molar refractivity (Wildman–Crippen MR) is 65.0 cm³/mol. The van der Waals surface area contributed by atoms with Crippen molar-refractivity contribution in [3.63, 3.8) is 0 Å². The Morgan fingerprint density at radius 1 is 1.28 bits per heavy atom. The minimum Gasteiger partial charge on any atom is -0.464 e. The van der Waals surface area contributed by atoms with Crippen LogP contribution in [0, 0.1) is 5.92 Å². The molecule has 0 bridgehead atoms. The minimum absolute atomic E-state index is 0.175. The van der Waals surface area contributed by atoms with E-state index in [1.807, 2.05) is 20.8 Å². The Balaban J connectivity index is 2.04. The molecular formula is C13H21NO4. The topological polar surface area (TPSA) is 55.8 Å². The number of likely N-dealkylation sites (tertiary alicyclic amines) is 1. The van der Waals surface area contributed by atoms with Gasteiger partial charge in [-0.25, -0.2) is 9.59 Å². The Morgan fingerprint density at radius 3 is 2.50 bits per heavy atom. The van der Waals surface area contributed by atoms with Crippen LogP contribution in [0.25, 0.3) is 0 Å². The number of nitrogens with zero attached hydrogens (tertiary/aromatic N) is 1. The summed E-state index contributed by atoms with van der Waals surface area (Å²) >= 11 is 0. The maximum absolute atomic E-state index is 12.1. The second-order valence-corrected chi connectivity index (χ2v) is 5.95. The Kier molecular flexibility index (Phi) is 3.25. The van der Waals surface area contributed by atoms with Gasteiger partial charge in [0, 0.05) is 6.04 Å². The summed E-state index contributed by atoms with van der Waals surface area (Å²) in [6, 6.07) is -0.280. The number of rotatable bonds is 2. The van der Waals surface area contributed by atoms with Crippen molar-refractivity contribution in [1.29, 1.82) is 0 Å². The van der Waals surface area contributed by atoms with E-state index < -0.39 is 17.7 Å². The zero-order chi connectivity index (χ0) is 13.5. The number of hydrogen-bond donors (Lipinski definition) is 0. The van der Waals surface area contributed by atoms with Gasteiger partial charge in [-0.1, -0.05) is 0 Å². The van der Waals surface area contributed by atoms with Crippen LogP contribution in [0.3, 0.4) is 0 Å². The van der Waals surface area contributed by atoms with Gasteiger partial charge >= 0.3 is 12.1 Å². The fraction of sp³-hybridized carbons (Fsp3) is 0.846. The lowest BCUT2D eigenvalue weighted by Crippen LogP contribution is -2.46. The molecule has 0 radical (unpaired) electrons. The summed E-state index contributed by atoms with van der Waals surface area (Å²) in [4.78, 5) is 25.5. The zero-order valence-corrected chi connectivity index (χ0v) is 11.4. The molecule has 2 aliphatic rings. The number of fused-ring (bicyclic) bond motifs is 1. The van der Waals surface area contributed by atoms with E-state index >= 15 is 0 Å². The highest BCUT2D eigenvalue weighted by molar-refractivity contribution is 5.83. The van der Waals surface area contributed by atoms with Gasteiger partial charge in [0.1, 0.15) is 11.6 Å². The Bertz CT molecular complexity index is 360. The summed E-state index contributed by atoms with van der Waals surface area (Å²) in [7, 11) is 0. The average Bonchev–Trinajstić information content (AvgIpc) is 2.86. The summed E-state index contributed by atoms with van der Waals surface area (Å²) in [5.41, 5.74) is -0.538. The van der Waals surface area contributed by atoms with Gasteiger partial charge in [0.15, 0.2) is 0 Å². The van der Waals surface area contributed by atoms with Crippen LogP contribution in [-0.4, -0.2) is 41.3 Å². The van der Waals surface area contributed by atoms with Crippen molar-refractivity contribution in [2.45, 2.75) is 58.2 Å². The number of esters is 1. The van der Waals surface area contributed by atoms with E-state index in [9.17, 15) is 9.59 Å². The molecule has 18 heavy (non-hydrogen) atoms. The highest BCUT2D eigenvalue weighted by atomic mass is 16.6. The van der Waals surface area contributed by atoms with E-state index in [0.717, 1.165) is 6.42 Å². The molecule has 0 aromatic heterocycles. The zero-order valence-electron chi connectivity index (χ0n) is 11.4. The molecule has 3 atom stereocenters. The number of amides is 1. The monoisotopic (exact) mass is 255 g/mol. The van der Waals surface area contributed by atoms with E-state index in [4.69, 9.17) is 9.47 Å². The van der Waals surface area contributed by atoms with Crippen LogP contribution in [0.15, 0.2) is 0 Å². The third kappa shape index (κ3) is 2.60. The van der Waals surface area contributed by atoms with Crippen molar-refractivity contribution < 1.29 is 19.1 Å². The SMILES string of the molecule is CCOC(=O)[C@H]1C[C@H]2C[C@@H]2N1C(=O)OC(C)(C)C. The maximum atomic E-state index is 12.1. The molecule has 1 heterocycles. The lowest BCUT2D eigenvalue weighted by Gasteiger charge is -2.29. The van der Waals surface area contributed by atoms with E-state index in [1.165, 1.54) is 0 Å². The second kappa shape index (κ2) is 4.44. The van der Waals surface area contributed by atoms with Crippen LogP contribution in [-0.2, 0) is 14.3 Å². The predicted octanol–water partition coefficient (Wildman–Crippen LogP) is 1.95. The van der Waals surface area contributed by atoms with Crippen molar-refractivity contribution in [2.24, 2.45) is 5.92 Å². The lowest BCUT2D eigenvalue weighted by molar-refractivity contribution is -0.148. The van der Waals surface area contributed by atoms with Crippen LogP contribution in [0.2, 0.25) is 0 Å². The molecule has 0 aromatic carbocycles. The van der Waals surface area contributed by atoms with Gasteiger partial charge in [-0.2, -0.15) is 0 Å². The van der Waals surface area contributed by atoms with E-state index in [2.05, 4.69) is 0 Å². The third-order valence-corrected chi connectivity index (χ3v) is 3.27. The third-order valence-electron chi connectivity index (χ3n) is 3.27. The molecule has 0 aromatic rings. The van der Waals surface area contributed by atoms with Gasteiger partial charge < -0.3 is 9.47 Å². The molecule has 1 aliphatic heterocycles. The number of piperidine rings is 1. The number of carbonyl (C=O) groups excluding carboxylic acids is 2. The highest BCUT2D eigenvalue weighted by Crippen LogP contribution is 2.48. The van der Waals surface area contributed by atoms with Crippen molar-refractivity contribution >= 4 is 12.1 Å². The fourth-order valence-corrected chi connectivity index (χ4v) is 2.48. The summed E-state index contributed by atoms with van der Waals surface area (Å²) in [5.74, 6) is 0.141. The normalized spacial score (nSPS) is 29.8. The molecule has 0 N–H and O–H groups in total. The summed E-state index contributed by atoms with van der Waals surface area (Å²) < 4.78 is 10.4. The molecule has 0 unspecified atom stereocenters. The van der Waals surface area contributed by atoms with E-state index in [0.29, 0.717) is 18.9 Å². The molecule has 5 nitrogen and oxygen atoms in total. The summed E-state index contributed by atoms with van der Waals surface area (Å²) in [6.45, 7) is 7.58. The molecule has 1 amide bonds. The van der Waals surface area contributed by atoms with E-state index in [1.54, 1.807) is 11.8 Å². The molecule has 1 saturated carbocycles. The second-order valence-electron chi connectivity index (χ2n) is 5.95. The lowest BCUT2D eigenvalue weighted by atomic mass is 10.1. The van der Waals surface area contributed by atoms with Crippen LogP contribution >= 0.6 is 0 Å². The van der Waals surface area contributed by atoms with Gasteiger partial charge in [0.05, 0.1) is 6.61 Å². The number of carbonyl (C=O) groups is 2. The molecule has 102 valence electrons. The molecule has 1 aliphatic carbocycles. The first kappa shape index (κ1) is 13.2. The van der Waals surface area contributed by atoms with Crippen molar-refractivity contribution in [1.82, 2.24) is 4.90 Å². The van der Waals surface area contributed by atoms with Crippen molar-refractivity contribution in [2.75, 3.05) is 6.61 Å². The van der Waals surface area contributed by atoms with Gasteiger partial charge in [-0.3, -0.25) is 4.90 Å². The first-order chi connectivity index (χ1) is 8.33. The van der Waals surface area contributed by atoms with Gasteiger partial charge in [-0.05, 0) is 46.5 Å². The standard InChI is InChI=1S/C13H21NO4/c1-5-17-11(15)10-7-8-6-9(8)14(10)12(16)18-13(2,3)4/h8-10H,5-7H2,1-4H3/t8-,9+,10-/m1/s1. The number of hydrogen-bond acceptors (Lipinski definition) is 4. The molecule has 2 rings (SSSR count). The molecular weight excluding hydrogens is 234 g/mol. The minimum atomic E-state index is -0.538. The van der Waals surface area contributed by atoms with Crippen molar-refractivity contribution in [3.8, 4) is 0 Å². The van der Waals surface area contributed by atoms with Crippen LogP contribution < -0.4 is 0 Å². The van der Waals surface area contributed by atoms with Crippen LogP contribution in [0.4, 0.5) is 4.79 Å². The van der Waals surface area contributed by atoms with Crippen molar-refractivity contribution in [3.05, 3.63) is 0 Å². The molecule has 0 spiro atoms. The first-order valence-corrected chi connectivity index (χ1v) is 6.51. The van der Waals surface area contributed by atoms with Crippen LogP contribution in [0.1, 0.15) is 40.5 Å². The van der Waals surface area contributed by atoms with Crippen LogP contribution in [0.5, 0.6) is 0 Å². The fourth-order valence-electron chi connectivity index (χ4n) is 2.48. The Hall–Kier alpha value is -1.26. The van der Waals surface area contributed by atoms with E-state index in [-0.39, 0.29) is 12.0 Å². The highest BCUT2D eigenvalue weighted by Gasteiger charge is 2.57. The van der Waals surface area contributed by atoms with Gasteiger partial charge in [-0.15, -0.1) is 0 Å². The summed E-state index contributed by atoms with van der Waals surface area (Å²) in [6.07, 6.45) is 1.29.